The first-order chi connectivity index (χ1) is 13.0. The summed E-state index contributed by atoms with van der Waals surface area (Å²) in [5, 5.41) is 7.26. The predicted molar refractivity (Wildman–Crippen MR) is 114 cm³/mol. The first-order valence-electron chi connectivity index (χ1n) is 8.41. The lowest BCUT2D eigenvalue weighted by molar-refractivity contribution is -0.116. The topological polar surface area (TPSA) is 64.0 Å². The smallest absolute Gasteiger partial charge is 0.266 e. The molecule has 3 rings (SSSR count). The number of aryl methyl sites for hydroxylation is 1. The molecule has 7 heteroatoms. The molecule has 0 atom stereocenters. The molecule has 0 unspecified atom stereocenters. The Morgan fingerprint density at radius 3 is 2.52 bits per heavy atom. The highest BCUT2D eigenvalue weighted by atomic mass is 79.9. The van der Waals surface area contributed by atoms with E-state index in [4.69, 9.17) is 0 Å². The lowest BCUT2D eigenvalue weighted by atomic mass is 10.1. The van der Waals surface area contributed by atoms with Gasteiger partial charge in [-0.15, -0.1) is 0 Å². The van der Waals surface area contributed by atoms with E-state index >= 15 is 0 Å². The van der Waals surface area contributed by atoms with Gasteiger partial charge in [0.2, 0.25) is 5.91 Å². The van der Waals surface area contributed by atoms with Gasteiger partial charge in [-0.1, -0.05) is 50.1 Å². The van der Waals surface area contributed by atoms with Gasteiger partial charge in [0.15, 0.2) is 0 Å². The van der Waals surface area contributed by atoms with Crippen molar-refractivity contribution in [2.45, 2.75) is 19.4 Å². The molecular weight excluding hydrogens is 474 g/mol. The molecule has 1 amide bonds. The van der Waals surface area contributed by atoms with Crippen LogP contribution in [0.3, 0.4) is 0 Å². The van der Waals surface area contributed by atoms with Gasteiger partial charge in [0.05, 0.1) is 5.69 Å². The van der Waals surface area contributed by atoms with Crippen LogP contribution in [0.1, 0.15) is 12.8 Å². The number of anilines is 1. The maximum absolute atomic E-state index is 12.1. The van der Waals surface area contributed by atoms with Crippen LogP contribution in [0.15, 0.2) is 74.4 Å². The number of nitrogens with zero attached hydrogens (tertiary/aromatic N) is 2. The molecule has 0 bridgehead atoms. The average Bonchev–Trinajstić information content (AvgIpc) is 2.64. The number of benzene rings is 2. The summed E-state index contributed by atoms with van der Waals surface area (Å²) >= 11 is 6.78. The highest BCUT2D eigenvalue weighted by Gasteiger charge is 2.06. The van der Waals surface area contributed by atoms with Gasteiger partial charge < -0.3 is 5.32 Å². The number of nitrogens with one attached hydrogen (secondary N) is 1. The van der Waals surface area contributed by atoms with Crippen molar-refractivity contribution in [3.05, 3.63) is 80.0 Å². The summed E-state index contributed by atoms with van der Waals surface area (Å²) in [6.45, 7) is 0.384. The van der Waals surface area contributed by atoms with E-state index in [0.717, 1.165) is 25.9 Å². The van der Waals surface area contributed by atoms with Gasteiger partial charge in [0.1, 0.15) is 0 Å². The van der Waals surface area contributed by atoms with Crippen LogP contribution in [0.2, 0.25) is 0 Å². The molecule has 5 nitrogen and oxygen atoms in total. The average molecular weight is 491 g/mol. The van der Waals surface area contributed by atoms with Crippen LogP contribution in [0.4, 0.5) is 5.69 Å². The minimum atomic E-state index is -0.178. The van der Waals surface area contributed by atoms with Crippen LogP contribution in [0, 0.1) is 0 Å². The molecule has 0 saturated carbocycles. The zero-order valence-electron chi connectivity index (χ0n) is 14.4. The third-order valence-corrected chi connectivity index (χ3v) is 4.91. The molecule has 0 fully saturated rings. The lowest BCUT2D eigenvalue weighted by Gasteiger charge is -2.08. The summed E-state index contributed by atoms with van der Waals surface area (Å²) in [6.07, 6.45) is 0.833. The van der Waals surface area contributed by atoms with E-state index in [1.807, 2.05) is 48.5 Å². The highest BCUT2D eigenvalue weighted by molar-refractivity contribution is 9.10. The minimum absolute atomic E-state index is 0.0924. The Balaban J connectivity index is 1.60. The Morgan fingerprint density at radius 1 is 1.00 bits per heavy atom. The van der Waals surface area contributed by atoms with Crippen LogP contribution in [-0.4, -0.2) is 15.7 Å². The normalized spacial score (nSPS) is 10.6. The van der Waals surface area contributed by atoms with Crippen molar-refractivity contribution in [2.75, 3.05) is 5.32 Å². The van der Waals surface area contributed by atoms with Crippen LogP contribution in [0.5, 0.6) is 0 Å². The fourth-order valence-corrected chi connectivity index (χ4v) is 3.23. The number of hydrogen-bond acceptors (Lipinski definition) is 3. The maximum atomic E-state index is 12.1. The van der Waals surface area contributed by atoms with E-state index in [1.54, 1.807) is 6.07 Å². The summed E-state index contributed by atoms with van der Waals surface area (Å²) in [7, 11) is 0. The molecule has 0 aliphatic heterocycles. The molecule has 0 saturated heterocycles. The lowest BCUT2D eigenvalue weighted by Crippen LogP contribution is -2.23. The van der Waals surface area contributed by atoms with Crippen LogP contribution in [-0.2, 0) is 11.3 Å². The number of amides is 1. The molecule has 1 aromatic heterocycles. The first kappa shape index (κ1) is 19.5. The van der Waals surface area contributed by atoms with Crippen LogP contribution < -0.4 is 10.9 Å². The molecule has 0 aliphatic rings. The minimum Gasteiger partial charge on any atom is -0.326 e. The molecule has 2 aromatic carbocycles. The second-order valence-corrected chi connectivity index (χ2v) is 7.78. The van der Waals surface area contributed by atoms with Crippen molar-refractivity contribution in [2.24, 2.45) is 0 Å². The summed E-state index contributed by atoms with van der Waals surface area (Å²) in [5.41, 5.74) is 2.21. The predicted octanol–water partition coefficient (Wildman–Crippen LogP) is 4.85. The Bertz CT molecular complexity index is 1000. The monoisotopic (exact) mass is 489 g/mol. The molecule has 27 heavy (non-hydrogen) atoms. The molecule has 3 aromatic rings. The zero-order chi connectivity index (χ0) is 19.2. The van der Waals surface area contributed by atoms with Crippen molar-refractivity contribution in [3.8, 4) is 11.3 Å². The van der Waals surface area contributed by atoms with Gasteiger partial charge >= 0.3 is 0 Å². The Kier molecular flexibility index (Phi) is 6.58. The van der Waals surface area contributed by atoms with E-state index in [9.17, 15) is 9.59 Å². The van der Waals surface area contributed by atoms with E-state index in [-0.39, 0.29) is 11.5 Å². The number of carbonyl (C=O) groups is 1. The standard InChI is InChI=1S/C20H17Br2N3O2/c21-15-8-6-14(7-9-15)18-10-11-20(27)25(24-18)12-2-5-19(26)23-17-4-1-3-16(22)13-17/h1,3-4,6-11,13H,2,5,12H2,(H,23,26). The molecule has 0 spiro atoms. The SMILES string of the molecule is O=C(CCCn1nc(-c2ccc(Br)cc2)ccc1=O)Nc1cccc(Br)c1. The molecule has 0 radical (unpaired) electrons. The van der Waals surface area contributed by atoms with Crippen LogP contribution in [0.25, 0.3) is 11.3 Å². The maximum Gasteiger partial charge on any atom is 0.266 e. The zero-order valence-corrected chi connectivity index (χ0v) is 17.5. The fraction of sp³-hybridized carbons (Fsp3) is 0.150. The van der Waals surface area contributed by atoms with Gasteiger partial charge in [-0.2, -0.15) is 5.10 Å². The van der Waals surface area contributed by atoms with Crippen molar-refractivity contribution < 1.29 is 4.79 Å². The third kappa shape index (κ3) is 5.61. The van der Waals surface area contributed by atoms with E-state index in [0.29, 0.717) is 19.4 Å². The second-order valence-electron chi connectivity index (χ2n) is 5.95. The Labute approximate surface area is 173 Å². The van der Waals surface area contributed by atoms with E-state index in [2.05, 4.69) is 42.3 Å². The number of aromatic nitrogens is 2. The van der Waals surface area contributed by atoms with Gasteiger partial charge in [-0.05, 0) is 42.8 Å². The number of rotatable bonds is 6. The van der Waals surface area contributed by atoms with Crippen molar-refractivity contribution in [1.29, 1.82) is 0 Å². The van der Waals surface area contributed by atoms with E-state index < -0.39 is 0 Å². The molecule has 0 aliphatic carbocycles. The molecule has 138 valence electrons. The van der Waals surface area contributed by atoms with Gasteiger partial charge in [0.25, 0.3) is 5.56 Å². The first-order valence-corrected chi connectivity index (χ1v) is 9.99. The summed E-state index contributed by atoms with van der Waals surface area (Å²) < 4.78 is 3.29. The molecule has 1 heterocycles. The van der Waals surface area contributed by atoms with Crippen molar-refractivity contribution in [3.63, 3.8) is 0 Å². The second kappa shape index (κ2) is 9.10. The number of halogens is 2. The quantitative estimate of drug-likeness (QED) is 0.536. The van der Waals surface area contributed by atoms with Gasteiger partial charge in [-0.25, -0.2) is 4.68 Å². The number of hydrogen-bond donors (Lipinski definition) is 1. The van der Waals surface area contributed by atoms with Gasteiger partial charge in [-0.3, -0.25) is 9.59 Å². The largest absolute Gasteiger partial charge is 0.326 e. The van der Waals surface area contributed by atoms with Crippen molar-refractivity contribution in [1.82, 2.24) is 9.78 Å². The van der Waals surface area contributed by atoms with Gasteiger partial charge in [0, 0.05) is 39.2 Å². The molecule has 1 N–H and O–H groups in total. The summed E-state index contributed by atoms with van der Waals surface area (Å²) in [4.78, 5) is 24.1. The van der Waals surface area contributed by atoms with E-state index in [1.165, 1.54) is 10.7 Å². The third-order valence-electron chi connectivity index (χ3n) is 3.89. The fourth-order valence-electron chi connectivity index (χ4n) is 2.56. The Morgan fingerprint density at radius 2 is 1.78 bits per heavy atom. The molecular formula is C20H17Br2N3O2. The summed E-state index contributed by atoms with van der Waals surface area (Å²) in [5.74, 6) is -0.0924. The number of carbonyl (C=O) groups excluding carboxylic acids is 1. The highest BCUT2D eigenvalue weighted by Crippen LogP contribution is 2.19. The van der Waals surface area contributed by atoms with Crippen LogP contribution >= 0.6 is 31.9 Å². The summed E-state index contributed by atoms with van der Waals surface area (Å²) in [6, 6.07) is 18.4. The Hall–Kier alpha value is -2.25. The van der Waals surface area contributed by atoms with Crippen molar-refractivity contribution >= 4 is 43.5 Å².